The Kier molecular flexibility index (Phi) is 5.25. The maximum absolute atomic E-state index is 12.9. The fourth-order valence-corrected chi connectivity index (χ4v) is 2.10. The molecule has 0 bridgehead atoms. The molecule has 1 atom stereocenters. The van der Waals surface area contributed by atoms with Crippen LogP contribution >= 0.6 is 0 Å². The molecule has 0 heterocycles. The molecule has 0 saturated carbocycles. The molecule has 0 aliphatic heterocycles. The zero-order valence-corrected chi connectivity index (χ0v) is 13.4. The van der Waals surface area contributed by atoms with Crippen molar-refractivity contribution >= 4 is 0 Å². The van der Waals surface area contributed by atoms with Crippen molar-refractivity contribution in [2.75, 3.05) is 13.7 Å². The number of hydrogen-bond acceptors (Lipinski definition) is 3. The lowest BCUT2D eigenvalue weighted by Gasteiger charge is -2.21. The van der Waals surface area contributed by atoms with Gasteiger partial charge in [0.1, 0.15) is 17.3 Å². The zero-order chi connectivity index (χ0) is 16.9. The Hall–Kier alpha value is -2.51. The molecule has 1 N–H and O–H groups in total. The van der Waals surface area contributed by atoms with Crippen LogP contribution in [0.4, 0.5) is 4.39 Å². The quantitative estimate of drug-likeness (QED) is 0.878. The topological polar surface area (TPSA) is 38.7 Å². The fourth-order valence-electron chi connectivity index (χ4n) is 2.10. The fraction of sp³-hybridized carbons (Fsp3) is 0.263. The Bertz CT molecular complexity index is 725. The van der Waals surface area contributed by atoms with Crippen LogP contribution in [0.3, 0.4) is 0 Å². The molecule has 2 rings (SSSR count). The Morgan fingerprint density at radius 3 is 2.48 bits per heavy atom. The van der Waals surface area contributed by atoms with Crippen molar-refractivity contribution in [1.29, 1.82) is 0 Å². The predicted molar refractivity (Wildman–Crippen MR) is 87.0 cm³/mol. The number of aliphatic hydroxyl groups is 1. The molecule has 0 amide bonds. The number of rotatable bonds is 4. The molecule has 0 fully saturated rings. The molecule has 2 aromatic carbocycles. The first kappa shape index (κ1) is 16.9. The highest BCUT2D eigenvalue weighted by Gasteiger charge is 2.25. The summed E-state index contributed by atoms with van der Waals surface area (Å²) in [6.45, 7) is 3.91. The van der Waals surface area contributed by atoms with E-state index >= 15 is 0 Å². The van der Waals surface area contributed by atoms with Gasteiger partial charge in [0.15, 0.2) is 5.60 Å². The van der Waals surface area contributed by atoms with Crippen LogP contribution in [-0.2, 0) is 5.60 Å². The number of halogens is 1. The van der Waals surface area contributed by atoms with Gasteiger partial charge in [-0.1, -0.05) is 11.8 Å². The lowest BCUT2D eigenvalue weighted by atomic mass is 9.95. The van der Waals surface area contributed by atoms with Crippen LogP contribution in [0.5, 0.6) is 11.5 Å². The van der Waals surface area contributed by atoms with Crippen LogP contribution in [0.1, 0.15) is 25.0 Å². The summed E-state index contributed by atoms with van der Waals surface area (Å²) in [4.78, 5) is 0. The van der Waals surface area contributed by atoms with E-state index < -0.39 is 5.60 Å². The van der Waals surface area contributed by atoms with Crippen molar-refractivity contribution < 1.29 is 19.0 Å². The van der Waals surface area contributed by atoms with Crippen molar-refractivity contribution in [1.82, 2.24) is 0 Å². The van der Waals surface area contributed by atoms with Gasteiger partial charge in [0.25, 0.3) is 0 Å². The van der Waals surface area contributed by atoms with Gasteiger partial charge in [0, 0.05) is 17.2 Å². The van der Waals surface area contributed by atoms with E-state index in [-0.39, 0.29) is 5.82 Å². The standard InChI is InChI=1S/C19H19FO3/c1-4-23-18-13-16(22-3)9-10-17(18)19(2,21)12-11-14-5-7-15(20)8-6-14/h5-10,13,21H,4H2,1-3H3. The highest BCUT2D eigenvalue weighted by molar-refractivity contribution is 5.48. The largest absolute Gasteiger partial charge is 0.497 e. The molecule has 120 valence electrons. The summed E-state index contributed by atoms with van der Waals surface area (Å²) >= 11 is 0. The summed E-state index contributed by atoms with van der Waals surface area (Å²) in [5.74, 6) is 6.50. The van der Waals surface area contributed by atoms with Crippen LogP contribution in [0.25, 0.3) is 0 Å². The number of methoxy groups -OCH3 is 1. The summed E-state index contributed by atoms with van der Waals surface area (Å²) in [6, 6.07) is 11.0. The van der Waals surface area contributed by atoms with E-state index in [1.165, 1.54) is 12.1 Å². The van der Waals surface area contributed by atoms with Crippen molar-refractivity contribution in [3.8, 4) is 23.3 Å². The molecule has 3 nitrogen and oxygen atoms in total. The van der Waals surface area contributed by atoms with Crippen LogP contribution in [0, 0.1) is 17.7 Å². The molecule has 0 aliphatic carbocycles. The first-order valence-corrected chi connectivity index (χ1v) is 7.28. The monoisotopic (exact) mass is 314 g/mol. The van der Waals surface area contributed by atoms with Crippen LogP contribution in [0.2, 0.25) is 0 Å². The summed E-state index contributed by atoms with van der Waals surface area (Å²) < 4.78 is 23.7. The van der Waals surface area contributed by atoms with Gasteiger partial charge in [-0.25, -0.2) is 4.39 Å². The van der Waals surface area contributed by atoms with E-state index in [1.807, 2.05) is 6.92 Å². The minimum Gasteiger partial charge on any atom is -0.497 e. The van der Waals surface area contributed by atoms with E-state index in [0.717, 1.165) is 0 Å². The Morgan fingerprint density at radius 2 is 1.87 bits per heavy atom. The molecule has 4 heteroatoms. The molecule has 0 spiro atoms. The third-order valence-electron chi connectivity index (χ3n) is 3.31. The van der Waals surface area contributed by atoms with E-state index in [2.05, 4.69) is 11.8 Å². The highest BCUT2D eigenvalue weighted by Crippen LogP contribution is 2.33. The smallest absolute Gasteiger partial charge is 0.152 e. The van der Waals surface area contributed by atoms with Gasteiger partial charge >= 0.3 is 0 Å². The normalized spacial score (nSPS) is 12.7. The third-order valence-corrected chi connectivity index (χ3v) is 3.31. The number of ether oxygens (including phenoxy) is 2. The first-order valence-electron chi connectivity index (χ1n) is 7.28. The zero-order valence-electron chi connectivity index (χ0n) is 13.4. The van der Waals surface area contributed by atoms with Crippen molar-refractivity contribution in [2.45, 2.75) is 19.4 Å². The van der Waals surface area contributed by atoms with Gasteiger partial charge in [-0.2, -0.15) is 0 Å². The molecular formula is C19H19FO3. The van der Waals surface area contributed by atoms with Gasteiger partial charge in [-0.05, 0) is 50.2 Å². The predicted octanol–water partition coefficient (Wildman–Crippen LogP) is 3.49. The number of benzene rings is 2. The van der Waals surface area contributed by atoms with E-state index in [1.54, 1.807) is 44.4 Å². The summed E-state index contributed by atoms with van der Waals surface area (Å²) in [5.41, 5.74) is -0.238. The minimum atomic E-state index is -1.41. The molecule has 0 radical (unpaired) electrons. The lowest BCUT2D eigenvalue weighted by Crippen LogP contribution is -2.20. The molecule has 0 aliphatic rings. The molecule has 23 heavy (non-hydrogen) atoms. The number of hydrogen-bond donors (Lipinski definition) is 1. The van der Waals surface area contributed by atoms with Gasteiger partial charge in [-0.3, -0.25) is 0 Å². The Labute approximate surface area is 135 Å². The molecular weight excluding hydrogens is 295 g/mol. The minimum absolute atomic E-state index is 0.323. The van der Waals surface area contributed by atoms with E-state index in [9.17, 15) is 9.50 Å². The Morgan fingerprint density at radius 1 is 1.17 bits per heavy atom. The second-order valence-electron chi connectivity index (χ2n) is 5.12. The molecule has 0 saturated heterocycles. The van der Waals surface area contributed by atoms with E-state index in [0.29, 0.717) is 29.2 Å². The average molecular weight is 314 g/mol. The van der Waals surface area contributed by atoms with E-state index in [4.69, 9.17) is 9.47 Å². The SMILES string of the molecule is CCOc1cc(OC)ccc1C(C)(O)C#Cc1ccc(F)cc1. The average Bonchev–Trinajstić information content (AvgIpc) is 2.54. The molecule has 1 unspecified atom stereocenters. The second-order valence-corrected chi connectivity index (χ2v) is 5.12. The molecule has 0 aromatic heterocycles. The maximum atomic E-state index is 12.9. The van der Waals surface area contributed by atoms with Crippen LogP contribution in [-0.4, -0.2) is 18.8 Å². The summed E-state index contributed by atoms with van der Waals surface area (Å²) in [5, 5.41) is 10.7. The van der Waals surface area contributed by atoms with Gasteiger partial charge in [0.2, 0.25) is 0 Å². The third kappa shape index (κ3) is 4.24. The summed E-state index contributed by atoms with van der Waals surface area (Å²) in [7, 11) is 1.57. The highest BCUT2D eigenvalue weighted by atomic mass is 19.1. The Balaban J connectivity index is 2.37. The summed E-state index contributed by atoms with van der Waals surface area (Å²) in [6.07, 6.45) is 0. The van der Waals surface area contributed by atoms with Crippen molar-refractivity contribution in [3.63, 3.8) is 0 Å². The lowest BCUT2D eigenvalue weighted by molar-refractivity contribution is 0.117. The maximum Gasteiger partial charge on any atom is 0.152 e. The first-order chi connectivity index (χ1) is 11.0. The van der Waals surface area contributed by atoms with Crippen LogP contribution in [0.15, 0.2) is 42.5 Å². The van der Waals surface area contributed by atoms with Crippen LogP contribution < -0.4 is 9.47 Å². The van der Waals surface area contributed by atoms with Crippen molar-refractivity contribution in [3.05, 3.63) is 59.4 Å². The van der Waals surface area contributed by atoms with Gasteiger partial charge in [0.05, 0.1) is 13.7 Å². The van der Waals surface area contributed by atoms with Crippen molar-refractivity contribution in [2.24, 2.45) is 0 Å². The van der Waals surface area contributed by atoms with Gasteiger partial charge in [-0.15, -0.1) is 0 Å². The second kappa shape index (κ2) is 7.17. The van der Waals surface area contributed by atoms with Gasteiger partial charge < -0.3 is 14.6 Å². The molecule has 2 aromatic rings.